The molecule has 1 heterocycles. The van der Waals surface area contributed by atoms with Crippen LogP contribution < -0.4 is 16.6 Å². The first-order chi connectivity index (χ1) is 8.83. The Hall–Kier alpha value is -1.36. The highest BCUT2D eigenvalue weighted by Gasteiger charge is 2.09. The highest BCUT2D eigenvalue weighted by Crippen LogP contribution is 2.20. The molecule has 0 aromatic carbocycles. The lowest BCUT2D eigenvalue weighted by atomic mass is 10.1. The summed E-state index contributed by atoms with van der Waals surface area (Å²) in [6.45, 7) is 5.31. The van der Waals surface area contributed by atoms with E-state index >= 15 is 0 Å². The Labute approximate surface area is 110 Å². The molecule has 4 N–H and O–H groups in total. The molecule has 102 valence electrons. The molecule has 0 radical (unpaired) electrons. The molecule has 0 aliphatic carbocycles. The molecule has 0 aliphatic rings. The minimum absolute atomic E-state index is 0.725. The van der Waals surface area contributed by atoms with Crippen LogP contribution in [0, 0.1) is 0 Å². The van der Waals surface area contributed by atoms with Gasteiger partial charge in [0.15, 0.2) is 0 Å². The third kappa shape index (κ3) is 4.49. The number of nitrogens with zero attached hydrogens (tertiary/aromatic N) is 2. The van der Waals surface area contributed by atoms with Crippen LogP contribution in [0.3, 0.4) is 0 Å². The van der Waals surface area contributed by atoms with E-state index in [-0.39, 0.29) is 0 Å². The van der Waals surface area contributed by atoms with Gasteiger partial charge in [0, 0.05) is 12.1 Å². The molecule has 0 bridgehead atoms. The zero-order valence-electron chi connectivity index (χ0n) is 11.5. The van der Waals surface area contributed by atoms with Crippen molar-refractivity contribution < 1.29 is 0 Å². The summed E-state index contributed by atoms with van der Waals surface area (Å²) >= 11 is 0. The van der Waals surface area contributed by atoms with Crippen LogP contribution in [0.4, 0.5) is 11.6 Å². The summed E-state index contributed by atoms with van der Waals surface area (Å²) in [6.07, 6.45) is 8.51. The van der Waals surface area contributed by atoms with E-state index in [4.69, 9.17) is 5.84 Å². The molecular weight excluding hydrogens is 226 g/mol. The average Bonchev–Trinajstić information content (AvgIpc) is 2.40. The smallest absolute Gasteiger partial charge is 0.148 e. The lowest BCUT2D eigenvalue weighted by Gasteiger charge is -2.13. The number of nitrogen functional groups attached to an aromatic ring is 1. The van der Waals surface area contributed by atoms with Crippen molar-refractivity contribution >= 4 is 11.6 Å². The summed E-state index contributed by atoms with van der Waals surface area (Å²) in [7, 11) is 0. The van der Waals surface area contributed by atoms with Gasteiger partial charge in [0.2, 0.25) is 0 Å². The van der Waals surface area contributed by atoms with Crippen LogP contribution in [-0.4, -0.2) is 16.5 Å². The summed E-state index contributed by atoms with van der Waals surface area (Å²) in [6, 6.07) is 0. The first-order valence-electron chi connectivity index (χ1n) is 6.87. The van der Waals surface area contributed by atoms with Gasteiger partial charge < -0.3 is 10.7 Å². The van der Waals surface area contributed by atoms with Crippen LogP contribution in [0.1, 0.15) is 51.5 Å². The molecule has 1 aromatic rings. The van der Waals surface area contributed by atoms with E-state index in [0.717, 1.165) is 36.6 Å². The fraction of sp³-hybridized carbons (Fsp3) is 0.692. The van der Waals surface area contributed by atoms with Gasteiger partial charge in [-0.15, -0.1) is 0 Å². The Morgan fingerprint density at radius 2 is 1.83 bits per heavy atom. The summed E-state index contributed by atoms with van der Waals surface area (Å²) < 4.78 is 0. The minimum Gasteiger partial charge on any atom is -0.370 e. The van der Waals surface area contributed by atoms with Crippen molar-refractivity contribution in [2.45, 2.75) is 52.4 Å². The second-order valence-corrected chi connectivity index (χ2v) is 4.43. The van der Waals surface area contributed by atoms with Crippen molar-refractivity contribution in [2.75, 3.05) is 17.3 Å². The van der Waals surface area contributed by atoms with Crippen LogP contribution in [0.15, 0.2) is 6.33 Å². The normalized spacial score (nSPS) is 10.4. The quantitative estimate of drug-likeness (QED) is 0.357. The van der Waals surface area contributed by atoms with E-state index in [1.165, 1.54) is 25.7 Å². The number of hydrazine groups is 1. The molecule has 0 amide bonds. The number of nitrogens with two attached hydrogens (primary N) is 1. The molecule has 0 aliphatic heterocycles. The van der Waals surface area contributed by atoms with Crippen molar-refractivity contribution in [3.8, 4) is 0 Å². The van der Waals surface area contributed by atoms with Gasteiger partial charge in [-0.1, -0.05) is 39.5 Å². The maximum absolute atomic E-state index is 5.48. The number of rotatable bonds is 9. The molecule has 0 atom stereocenters. The van der Waals surface area contributed by atoms with Crippen molar-refractivity contribution in [2.24, 2.45) is 5.84 Å². The summed E-state index contributed by atoms with van der Waals surface area (Å²) in [5, 5.41) is 3.39. The molecule has 0 spiro atoms. The van der Waals surface area contributed by atoms with Crippen molar-refractivity contribution in [3.05, 3.63) is 11.9 Å². The van der Waals surface area contributed by atoms with Crippen molar-refractivity contribution in [3.63, 3.8) is 0 Å². The molecule has 18 heavy (non-hydrogen) atoms. The van der Waals surface area contributed by atoms with Crippen LogP contribution >= 0.6 is 0 Å². The molecule has 0 saturated heterocycles. The van der Waals surface area contributed by atoms with E-state index in [1.807, 2.05) is 0 Å². The van der Waals surface area contributed by atoms with Crippen LogP contribution in [0.5, 0.6) is 0 Å². The highest BCUT2D eigenvalue weighted by atomic mass is 15.3. The van der Waals surface area contributed by atoms with Crippen molar-refractivity contribution in [1.29, 1.82) is 0 Å². The molecule has 5 nitrogen and oxygen atoms in total. The Morgan fingerprint density at radius 1 is 1.06 bits per heavy atom. The lowest BCUT2D eigenvalue weighted by molar-refractivity contribution is 0.683. The first-order valence-corrected chi connectivity index (χ1v) is 6.87. The van der Waals surface area contributed by atoms with Crippen molar-refractivity contribution in [1.82, 2.24) is 9.97 Å². The summed E-state index contributed by atoms with van der Waals surface area (Å²) in [5.74, 6) is 7.11. The van der Waals surface area contributed by atoms with Gasteiger partial charge in [0.1, 0.15) is 18.0 Å². The topological polar surface area (TPSA) is 75.9 Å². The predicted molar refractivity (Wildman–Crippen MR) is 76.5 cm³/mol. The van der Waals surface area contributed by atoms with Gasteiger partial charge in [-0.3, -0.25) is 0 Å². The van der Waals surface area contributed by atoms with Gasteiger partial charge in [-0.05, 0) is 12.8 Å². The van der Waals surface area contributed by atoms with Crippen LogP contribution in [0.25, 0.3) is 0 Å². The Bertz CT molecular complexity index is 340. The number of hydrogen-bond acceptors (Lipinski definition) is 5. The van der Waals surface area contributed by atoms with E-state index in [2.05, 4.69) is 34.6 Å². The fourth-order valence-electron chi connectivity index (χ4n) is 1.93. The SMILES string of the molecule is CCCCCCNc1ncnc(NN)c1CCC. The maximum Gasteiger partial charge on any atom is 0.148 e. The predicted octanol–water partition coefficient (Wildman–Crippen LogP) is 2.71. The maximum atomic E-state index is 5.48. The second-order valence-electron chi connectivity index (χ2n) is 4.43. The van der Waals surface area contributed by atoms with Gasteiger partial charge in [-0.2, -0.15) is 0 Å². The van der Waals surface area contributed by atoms with E-state index in [0.29, 0.717) is 0 Å². The van der Waals surface area contributed by atoms with Gasteiger partial charge in [0.05, 0.1) is 0 Å². The van der Waals surface area contributed by atoms with E-state index in [1.54, 1.807) is 6.33 Å². The van der Waals surface area contributed by atoms with E-state index < -0.39 is 0 Å². The minimum atomic E-state index is 0.725. The highest BCUT2D eigenvalue weighted by molar-refractivity contribution is 5.56. The lowest BCUT2D eigenvalue weighted by Crippen LogP contribution is -2.14. The molecule has 0 fully saturated rings. The number of nitrogens with one attached hydrogen (secondary N) is 2. The number of unbranched alkanes of at least 4 members (excludes halogenated alkanes) is 3. The Balaban J connectivity index is 2.57. The Kier molecular flexibility index (Phi) is 7.10. The standard InChI is InChI=1S/C13H25N5/c1-3-5-6-7-9-15-12-11(8-4-2)13(18-14)17-10-16-12/h10H,3-9,14H2,1-2H3,(H2,15,16,17,18). The third-order valence-electron chi connectivity index (χ3n) is 2.90. The molecule has 1 aromatic heterocycles. The molecule has 1 rings (SSSR count). The molecule has 0 saturated carbocycles. The Morgan fingerprint density at radius 3 is 2.50 bits per heavy atom. The zero-order chi connectivity index (χ0) is 13.2. The summed E-state index contributed by atoms with van der Waals surface area (Å²) in [4.78, 5) is 8.45. The van der Waals surface area contributed by atoms with Gasteiger partial charge >= 0.3 is 0 Å². The van der Waals surface area contributed by atoms with Gasteiger partial charge in [-0.25, -0.2) is 15.8 Å². The summed E-state index contributed by atoms with van der Waals surface area (Å²) in [5.41, 5.74) is 3.72. The third-order valence-corrected chi connectivity index (χ3v) is 2.90. The van der Waals surface area contributed by atoms with Crippen LogP contribution in [0.2, 0.25) is 0 Å². The van der Waals surface area contributed by atoms with E-state index in [9.17, 15) is 0 Å². The molecule has 5 heteroatoms. The first kappa shape index (κ1) is 14.7. The van der Waals surface area contributed by atoms with Gasteiger partial charge in [0.25, 0.3) is 0 Å². The van der Waals surface area contributed by atoms with Crippen LogP contribution in [-0.2, 0) is 6.42 Å². The average molecular weight is 251 g/mol. The monoisotopic (exact) mass is 251 g/mol. The molecular formula is C13H25N5. The number of anilines is 2. The number of hydrogen-bond donors (Lipinski definition) is 3. The largest absolute Gasteiger partial charge is 0.370 e. The fourth-order valence-corrected chi connectivity index (χ4v) is 1.93. The molecule has 0 unspecified atom stereocenters. The second kappa shape index (κ2) is 8.69. The zero-order valence-corrected chi connectivity index (χ0v) is 11.5. The number of aromatic nitrogens is 2.